The maximum Gasteiger partial charge on any atom is 0.124 e. The third-order valence-corrected chi connectivity index (χ3v) is 3.53. The lowest BCUT2D eigenvalue weighted by Gasteiger charge is -2.27. The van der Waals surface area contributed by atoms with Gasteiger partial charge in [-0.2, -0.15) is 0 Å². The predicted octanol–water partition coefficient (Wildman–Crippen LogP) is 3.07. The van der Waals surface area contributed by atoms with E-state index in [4.69, 9.17) is 27.9 Å². The van der Waals surface area contributed by atoms with Crippen LogP contribution in [-0.4, -0.2) is 22.8 Å². The van der Waals surface area contributed by atoms with E-state index in [1.54, 1.807) is 0 Å². The fraction of sp³-hybridized carbons (Fsp3) is 0.417. The summed E-state index contributed by atoms with van der Waals surface area (Å²) < 4.78 is 7.37. The largest absolute Gasteiger partial charge is 0.381 e. The van der Waals surface area contributed by atoms with Crippen molar-refractivity contribution in [3.8, 4) is 0 Å². The molecule has 1 aliphatic rings. The van der Waals surface area contributed by atoms with Crippen molar-refractivity contribution >= 4 is 34.2 Å². The molecule has 0 saturated carbocycles. The van der Waals surface area contributed by atoms with Gasteiger partial charge in [0, 0.05) is 17.5 Å². The highest BCUT2D eigenvalue weighted by molar-refractivity contribution is 6.31. The summed E-state index contributed by atoms with van der Waals surface area (Å²) in [5.41, 5.74) is 2.00. The van der Waals surface area contributed by atoms with Crippen molar-refractivity contribution in [2.45, 2.75) is 12.4 Å². The average molecular weight is 271 g/mol. The molecule has 0 aliphatic carbocycles. The minimum absolute atomic E-state index is 0.417. The van der Waals surface area contributed by atoms with E-state index < -0.39 is 0 Å². The summed E-state index contributed by atoms with van der Waals surface area (Å²) in [5.74, 6) is 1.89. The molecule has 2 aromatic rings. The van der Waals surface area contributed by atoms with Crippen LogP contribution in [0, 0.1) is 5.92 Å². The molecule has 0 bridgehead atoms. The lowest BCUT2D eigenvalue weighted by molar-refractivity contribution is -0.0391. The Labute approximate surface area is 109 Å². The highest BCUT2D eigenvalue weighted by atomic mass is 35.5. The van der Waals surface area contributed by atoms with Crippen LogP contribution >= 0.6 is 23.2 Å². The van der Waals surface area contributed by atoms with Gasteiger partial charge in [0.05, 0.1) is 30.1 Å². The highest BCUT2D eigenvalue weighted by Crippen LogP contribution is 2.24. The lowest BCUT2D eigenvalue weighted by atomic mass is 10.1. The number of alkyl halides is 1. The Morgan fingerprint density at radius 3 is 2.88 bits per heavy atom. The van der Waals surface area contributed by atoms with Crippen molar-refractivity contribution in [2.24, 2.45) is 5.92 Å². The van der Waals surface area contributed by atoms with Gasteiger partial charge in [-0.3, -0.25) is 0 Å². The van der Waals surface area contributed by atoms with Crippen molar-refractivity contribution in [3.63, 3.8) is 0 Å². The van der Waals surface area contributed by atoms with Gasteiger partial charge in [-0.15, -0.1) is 11.6 Å². The standard InChI is InChI=1S/C12H12Cl2N2O/c13-4-12-15-10-3-9(14)1-2-11(10)16(12)5-8-6-17-7-8/h1-3,8H,4-7H2. The number of halogens is 2. The number of rotatable bonds is 3. The Morgan fingerprint density at radius 1 is 1.41 bits per heavy atom. The summed E-state index contributed by atoms with van der Waals surface area (Å²) in [6, 6.07) is 5.76. The normalized spacial score (nSPS) is 16.4. The number of hydrogen-bond acceptors (Lipinski definition) is 2. The van der Waals surface area contributed by atoms with E-state index in [1.807, 2.05) is 18.2 Å². The Kier molecular flexibility index (Phi) is 2.99. The van der Waals surface area contributed by atoms with Crippen LogP contribution in [-0.2, 0) is 17.2 Å². The van der Waals surface area contributed by atoms with E-state index in [2.05, 4.69) is 9.55 Å². The van der Waals surface area contributed by atoms with Crippen LogP contribution in [0.5, 0.6) is 0 Å². The van der Waals surface area contributed by atoms with Gasteiger partial charge >= 0.3 is 0 Å². The SMILES string of the molecule is ClCc1nc2cc(Cl)ccc2n1CC1COC1. The van der Waals surface area contributed by atoms with E-state index in [0.717, 1.165) is 36.6 Å². The minimum atomic E-state index is 0.417. The Morgan fingerprint density at radius 2 is 2.24 bits per heavy atom. The highest BCUT2D eigenvalue weighted by Gasteiger charge is 2.21. The first-order chi connectivity index (χ1) is 8.28. The van der Waals surface area contributed by atoms with Crippen LogP contribution in [0.15, 0.2) is 18.2 Å². The number of benzene rings is 1. The molecule has 3 rings (SSSR count). The number of aromatic nitrogens is 2. The van der Waals surface area contributed by atoms with Gasteiger partial charge in [0.2, 0.25) is 0 Å². The number of fused-ring (bicyclic) bond motifs is 1. The monoisotopic (exact) mass is 270 g/mol. The summed E-state index contributed by atoms with van der Waals surface area (Å²) in [6.07, 6.45) is 0. The molecule has 0 atom stereocenters. The Hall–Kier alpha value is -0.770. The minimum Gasteiger partial charge on any atom is -0.381 e. The van der Waals surface area contributed by atoms with Crippen molar-refractivity contribution in [1.82, 2.24) is 9.55 Å². The molecule has 1 aromatic heterocycles. The summed E-state index contributed by atoms with van der Waals surface area (Å²) in [4.78, 5) is 4.51. The molecule has 0 amide bonds. The maximum absolute atomic E-state index is 5.97. The molecule has 90 valence electrons. The van der Waals surface area contributed by atoms with Gasteiger partial charge in [0.25, 0.3) is 0 Å². The molecule has 17 heavy (non-hydrogen) atoms. The zero-order chi connectivity index (χ0) is 11.8. The van der Waals surface area contributed by atoms with Crippen molar-refractivity contribution in [1.29, 1.82) is 0 Å². The molecule has 1 aromatic carbocycles. The summed E-state index contributed by atoms with van der Waals surface area (Å²) in [5, 5.41) is 0.704. The molecule has 0 radical (unpaired) electrons. The molecule has 0 unspecified atom stereocenters. The number of imidazole rings is 1. The molecule has 2 heterocycles. The van der Waals surface area contributed by atoms with Gasteiger partial charge in [-0.1, -0.05) is 11.6 Å². The molecular weight excluding hydrogens is 259 g/mol. The van der Waals surface area contributed by atoms with Crippen molar-refractivity contribution in [3.05, 3.63) is 29.0 Å². The second kappa shape index (κ2) is 4.48. The molecule has 0 spiro atoms. The van der Waals surface area contributed by atoms with E-state index in [9.17, 15) is 0 Å². The van der Waals surface area contributed by atoms with Gasteiger partial charge in [0.15, 0.2) is 0 Å². The van der Waals surface area contributed by atoms with Gasteiger partial charge in [0.1, 0.15) is 5.82 Å². The van der Waals surface area contributed by atoms with Crippen LogP contribution in [0.1, 0.15) is 5.82 Å². The first-order valence-electron chi connectivity index (χ1n) is 5.56. The number of nitrogens with zero attached hydrogens (tertiary/aromatic N) is 2. The van der Waals surface area contributed by atoms with Gasteiger partial charge < -0.3 is 9.30 Å². The summed E-state index contributed by atoms with van der Waals surface area (Å²) >= 11 is 11.9. The average Bonchev–Trinajstić information content (AvgIpc) is 2.60. The van der Waals surface area contributed by atoms with E-state index >= 15 is 0 Å². The van der Waals surface area contributed by atoms with Crippen LogP contribution in [0.4, 0.5) is 0 Å². The second-order valence-corrected chi connectivity index (χ2v) is 5.01. The first kappa shape index (κ1) is 11.3. The van der Waals surface area contributed by atoms with Crippen molar-refractivity contribution < 1.29 is 4.74 Å². The fourth-order valence-corrected chi connectivity index (χ4v) is 2.48. The molecule has 1 aliphatic heterocycles. The van der Waals surface area contributed by atoms with E-state index in [-0.39, 0.29) is 0 Å². The zero-order valence-corrected chi connectivity index (χ0v) is 10.7. The summed E-state index contributed by atoms with van der Waals surface area (Å²) in [6.45, 7) is 2.57. The fourth-order valence-electron chi connectivity index (χ4n) is 2.11. The van der Waals surface area contributed by atoms with Crippen LogP contribution in [0.3, 0.4) is 0 Å². The Bertz CT molecular complexity index is 549. The molecular formula is C12H12Cl2N2O. The molecule has 0 N–H and O–H groups in total. The Balaban J connectivity index is 2.05. The zero-order valence-electron chi connectivity index (χ0n) is 9.20. The van der Waals surface area contributed by atoms with Crippen LogP contribution in [0.2, 0.25) is 5.02 Å². The molecule has 1 fully saturated rings. The van der Waals surface area contributed by atoms with Crippen molar-refractivity contribution in [2.75, 3.05) is 13.2 Å². The first-order valence-corrected chi connectivity index (χ1v) is 6.47. The third kappa shape index (κ3) is 2.03. The lowest BCUT2D eigenvalue weighted by Crippen LogP contribution is -2.31. The molecule has 1 saturated heterocycles. The topological polar surface area (TPSA) is 27.1 Å². The summed E-state index contributed by atoms with van der Waals surface area (Å²) in [7, 11) is 0. The maximum atomic E-state index is 5.97. The van der Waals surface area contributed by atoms with Crippen LogP contribution in [0.25, 0.3) is 11.0 Å². The van der Waals surface area contributed by atoms with E-state index in [1.165, 1.54) is 0 Å². The number of hydrogen-bond donors (Lipinski definition) is 0. The van der Waals surface area contributed by atoms with Crippen LogP contribution < -0.4 is 0 Å². The van der Waals surface area contributed by atoms with Gasteiger partial charge in [-0.05, 0) is 18.2 Å². The third-order valence-electron chi connectivity index (χ3n) is 3.06. The number of ether oxygens (including phenoxy) is 1. The predicted molar refractivity (Wildman–Crippen MR) is 68.6 cm³/mol. The quantitative estimate of drug-likeness (QED) is 0.802. The molecule has 3 nitrogen and oxygen atoms in total. The van der Waals surface area contributed by atoms with Gasteiger partial charge in [-0.25, -0.2) is 4.98 Å². The second-order valence-electron chi connectivity index (χ2n) is 4.31. The molecule has 5 heteroatoms. The smallest absolute Gasteiger partial charge is 0.124 e. The van der Waals surface area contributed by atoms with E-state index in [0.29, 0.717) is 16.8 Å².